The fourth-order valence-electron chi connectivity index (χ4n) is 9.53. The highest BCUT2D eigenvalue weighted by atomic mass is 16.7. The van der Waals surface area contributed by atoms with Gasteiger partial charge in [0.25, 0.3) is 0 Å². The third-order valence-corrected chi connectivity index (χ3v) is 14.4. The summed E-state index contributed by atoms with van der Waals surface area (Å²) in [5.74, 6) is -0.708. The number of aliphatic hydroxyl groups excluding tert-OH is 7. The number of hydrogen-bond acceptors (Lipinski definition) is 10. The molecule has 11 nitrogen and oxygen atoms in total. The van der Waals surface area contributed by atoms with E-state index >= 15 is 0 Å². The number of ether oxygens (including phenoxy) is 2. The van der Waals surface area contributed by atoms with Crippen LogP contribution in [0.5, 0.6) is 0 Å². The number of unbranched alkanes of at least 4 members (excludes halogenated alkanes) is 33. The van der Waals surface area contributed by atoms with Gasteiger partial charge in [0.15, 0.2) is 6.29 Å². The van der Waals surface area contributed by atoms with Crippen molar-refractivity contribution in [1.82, 2.24) is 5.32 Å². The molecule has 0 radical (unpaired) electrons. The largest absolute Gasteiger partial charge is 0.394 e. The van der Waals surface area contributed by atoms with Crippen molar-refractivity contribution in [3.05, 3.63) is 36.5 Å². The molecule has 418 valence electrons. The molecule has 1 aliphatic heterocycles. The van der Waals surface area contributed by atoms with E-state index in [1.165, 1.54) is 180 Å². The molecule has 8 N–H and O–H groups in total. The van der Waals surface area contributed by atoms with E-state index in [1.54, 1.807) is 0 Å². The van der Waals surface area contributed by atoms with Gasteiger partial charge < -0.3 is 50.5 Å². The molecule has 0 aliphatic carbocycles. The van der Waals surface area contributed by atoms with E-state index < -0.39 is 74.2 Å². The van der Waals surface area contributed by atoms with Crippen LogP contribution in [0, 0.1) is 0 Å². The quantitative estimate of drug-likeness (QED) is 0.0215. The summed E-state index contributed by atoms with van der Waals surface area (Å²) in [7, 11) is 0. The van der Waals surface area contributed by atoms with E-state index in [0.717, 1.165) is 44.9 Å². The Morgan fingerprint density at radius 1 is 0.479 bits per heavy atom. The van der Waals surface area contributed by atoms with Crippen LogP contribution in [0.1, 0.15) is 271 Å². The number of nitrogens with one attached hydrogen (secondary N) is 1. The Bertz CT molecular complexity index is 1250. The van der Waals surface area contributed by atoms with Crippen LogP contribution in [-0.4, -0.2) is 110 Å². The zero-order valence-corrected chi connectivity index (χ0v) is 45.7. The van der Waals surface area contributed by atoms with Crippen molar-refractivity contribution < 1.29 is 50.0 Å². The van der Waals surface area contributed by atoms with Gasteiger partial charge in [0.05, 0.1) is 25.4 Å². The standard InChI is InChI=1S/C60H113NO10/c1-3-5-7-9-11-13-15-17-19-21-23-25-26-28-30-32-34-36-38-40-42-44-46-48-53(64)59(69)61-51(50-70-60-58(68)57(67)56(66)54(49-62)71-60)55(65)52(63)47-45-43-41-39-37-35-33-31-29-27-24-22-20-18-16-14-12-10-8-6-4-2/h22,24,31,33,39,41,51-58,60,62-68H,3-21,23,25-30,32,34-38,40,42-50H2,1-2H3,(H,61,69)/b24-22+,33-31+,41-39+. The first-order chi connectivity index (χ1) is 34.7. The smallest absolute Gasteiger partial charge is 0.249 e. The molecule has 71 heavy (non-hydrogen) atoms. The lowest BCUT2D eigenvalue weighted by atomic mass is 9.98. The molecule has 1 heterocycles. The van der Waals surface area contributed by atoms with Crippen LogP contribution in [0.2, 0.25) is 0 Å². The first-order valence-electron chi connectivity index (χ1n) is 29.9. The van der Waals surface area contributed by atoms with Gasteiger partial charge in [0, 0.05) is 0 Å². The van der Waals surface area contributed by atoms with Crippen molar-refractivity contribution in [1.29, 1.82) is 0 Å². The molecule has 0 aromatic rings. The maximum absolute atomic E-state index is 13.2. The predicted molar refractivity (Wildman–Crippen MR) is 293 cm³/mol. The molecular formula is C60H113NO10. The van der Waals surface area contributed by atoms with E-state index in [9.17, 15) is 40.5 Å². The number of hydrogen-bond donors (Lipinski definition) is 8. The number of allylic oxidation sites excluding steroid dienone is 6. The maximum atomic E-state index is 13.2. The third-order valence-electron chi connectivity index (χ3n) is 14.4. The number of aliphatic hydroxyl groups is 7. The lowest BCUT2D eigenvalue weighted by molar-refractivity contribution is -0.303. The molecule has 1 aliphatic rings. The topological polar surface area (TPSA) is 189 Å². The Morgan fingerprint density at radius 2 is 0.845 bits per heavy atom. The highest BCUT2D eigenvalue weighted by Gasteiger charge is 2.44. The van der Waals surface area contributed by atoms with E-state index in [-0.39, 0.29) is 12.8 Å². The van der Waals surface area contributed by atoms with Crippen LogP contribution in [0.4, 0.5) is 0 Å². The van der Waals surface area contributed by atoms with Gasteiger partial charge in [-0.3, -0.25) is 4.79 Å². The van der Waals surface area contributed by atoms with E-state index in [4.69, 9.17) is 9.47 Å². The fourth-order valence-corrected chi connectivity index (χ4v) is 9.53. The molecule has 9 unspecified atom stereocenters. The van der Waals surface area contributed by atoms with Crippen LogP contribution in [0.3, 0.4) is 0 Å². The zero-order chi connectivity index (χ0) is 51.8. The number of rotatable bonds is 51. The normalized spacial score (nSPS) is 20.4. The Hall–Kier alpha value is -1.67. The van der Waals surface area contributed by atoms with Crippen molar-refractivity contribution in [3.8, 4) is 0 Å². The van der Waals surface area contributed by atoms with Crippen molar-refractivity contribution in [3.63, 3.8) is 0 Å². The molecule has 0 spiro atoms. The summed E-state index contributed by atoms with van der Waals surface area (Å²) in [5, 5.41) is 76.2. The van der Waals surface area contributed by atoms with Gasteiger partial charge in [-0.05, 0) is 64.2 Å². The molecule has 1 saturated heterocycles. The van der Waals surface area contributed by atoms with Crippen LogP contribution >= 0.6 is 0 Å². The summed E-state index contributed by atoms with van der Waals surface area (Å²) < 4.78 is 11.1. The highest BCUT2D eigenvalue weighted by Crippen LogP contribution is 2.23. The van der Waals surface area contributed by atoms with Gasteiger partial charge in [-0.15, -0.1) is 0 Å². The third kappa shape index (κ3) is 37.7. The molecule has 0 bridgehead atoms. The van der Waals surface area contributed by atoms with Crippen molar-refractivity contribution in [2.75, 3.05) is 13.2 Å². The number of carbonyl (C=O) groups is 1. The van der Waals surface area contributed by atoms with Gasteiger partial charge in [0.1, 0.15) is 36.6 Å². The minimum absolute atomic E-state index is 0.243. The molecule has 9 atom stereocenters. The van der Waals surface area contributed by atoms with Gasteiger partial charge in [-0.25, -0.2) is 0 Å². The highest BCUT2D eigenvalue weighted by molar-refractivity contribution is 5.80. The minimum atomic E-state index is -1.67. The van der Waals surface area contributed by atoms with E-state index in [1.807, 2.05) is 0 Å². The number of carbonyl (C=O) groups excluding carboxylic acids is 1. The molecule has 0 saturated carbocycles. The van der Waals surface area contributed by atoms with Gasteiger partial charge in [-0.1, -0.05) is 243 Å². The second-order valence-corrected chi connectivity index (χ2v) is 21.0. The Kier molecular flexibility index (Phi) is 46.7. The van der Waals surface area contributed by atoms with Gasteiger partial charge in [0.2, 0.25) is 5.91 Å². The summed E-state index contributed by atoms with van der Waals surface area (Å²) in [6.45, 7) is 3.46. The Balaban J connectivity index is 2.33. The van der Waals surface area contributed by atoms with Crippen LogP contribution in [0.25, 0.3) is 0 Å². The summed E-state index contributed by atoms with van der Waals surface area (Å²) in [6, 6.07) is -1.19. The average Bonchev–Trinajstić information content (AvgIpc) is 3.37. The second kappa shape index (κ2) is 49.2. The lowest BCUT2D eigenvalue weighted by Gasteiger charge is -2.40. The first-order valence-corrected chi connectivity index (χ1v) is 29.9. The van der Waals surface area contributed by atoms with Gasteiger partial charge in [-0.2, -0.15) is 0 Å². The Labute approximate surface area is 435 Å². The van der Waals surface area contributed by atoms with Crippen LogP contribution in [-0.2, 0) is 14.3 Å². The summed E-state index contributed by atoms with van der Waals surface area (Å²) in [4.78, 5) is 13.2. The molecule has 0 aromatic heterocycles. The first kappa shape index (κ1) is 67.3. The average molecular weight is 1010 g/mol. The molecular weight excluding hydrogens is 895 g/mol. The summed E-state index contributed by atoms with van der Waals surface area (Å²) >= 11 is 0. The van der Waals surface area contributed by atoms with Gasteiger partial charge >= 0.3 is 0 Å². The van der Waals surface area contributed by atoms with E-state index in [0.29, 0.717) is 19.3 Å². The van der Waals surface area contributed by atoms with Crippen molar-refractivity contribution in [2.45, 2.75) is 326 Å². The summed E-state index contributed by atoms with van der Waals surface area (Å²) in [5.41, 5.74) is 0. The molecule has 11 heteroatoms. The molecule has 1 fully saturated rings. The SMILES string of the molecule is CCCCCCCCCC/C=C/CC/C=C/CC/C=C/CCCC(O)C(O)C(COC1OC(CO)C(O)C(O)C1O)NC(=O)C(O)CCCCCCCCCCCCCCCCCCCCCCCCC. The minimum Gasteiger partial charge on any atom is -0.394 e. The predicted octanol–water partition coefficient (Wildman–Crippen LogP) is 12.7. The van der Waals surface area contributed by atoms with Crippen LogP contribution in [0.15, 0.2) is 36.5 Å². The molecule has 0 aromatic carbocycles. The molecule has 1 rings (SSSR count). The number of amides is 1. The monoisotopic (exact) mass is 1010 g/mol. The maximum Gasteiger partial charge on any atom is 0.249 e. The lowest BCUT2D eigenvalue weighted by Crippen LogP contribution is -2.60. The zero-order valence-electron chi connectivity index (χ0n) is 45.7. The van der Waals surface area contributed by atoms with E-state index in [2.05, 4.69) is 55.6 Å². The fraction of sp³-hybridized carbons (Fsp3) is 0.883. The second-order valence-electron chi connectivity index (χ2n) is 21.0. The van der Waals surface area contributed by atoms with Crippen LogP contribution < -0.4 is 5.32 Å². The van der Waals surface area contributed by atoms with Crippen molar-refractivity contribution in [2.24, 2.45) is 0 Å². The summed E-state index contributed by atoms with van der Waals surface area (Å²) in [6.07, 6.45) is 49.1. The molecule has 1 amide bonds. The Morgan fingerprint density at radius 3 is 1.25 bits per heavy atom. The van der Waals surface area contributed by atoms with Crippen molar-refractivity contribution >= 4 is 5.91 Å².